The minimum Gasteiger partial charge on any atom is -0.366 e. The average Bonchev–Trinajstić information content (AvgIpc) is 3.27. The molecular formula is C19H22BrCl2NO. The van der Waals surface area contributed by atoms with Crippen molar-refractivity contribution in [3.05, 3.63) is 56.0 Å². The highest BCUT2D eigenvalue weighted by Gasteiger charge is 2.36. The Kier molecular flexibility index (Phi) is 6.58. The van der Waals surface area contributed by atoms with Gasteiger partial charge in [0.25, 0.3) is 0 Å². The zero-order chi connectivity index (χ0) is 18.0. The maximum absolute atomic E-state index is 11.6. The lowest BCUT2D eigenvalue weighted by Gasteiger charge is -2.16. The van der Waals surface area contributed by atoms with E-state index in [-0.39, 0.29) is 11.8 Å². The number of carbonyl (C=O) groups excluding carboxylic acids is 1. The molecule has 24 heavy (non-hydrogen) atoms. The summed E-state index contributed by atoms with van der Waals surface area (Å²) in [5.74, 6) is 1.04. The first kappa shape index (κ1) is 19.6. The lowest BCUT2D eigenvalue weighted by Crippen LogP contribution is -2.21. The molecule has 3 atom stereocenters. The van der Waals surface area contributed by atoms with E-state index in [1.807, 2.05) is 31.2 Å². The summed E-state index contributed by atoms with van der Waals surface area (Å²) in [5.41, 5.74) is 7.32. The van der Waals surface area contributed by atoms with Crippen LogP contribution in [0.15, 0.2) is 40.4 Å². The molecule has 1 fully saturated rings. The molecule has 2 rings (SSSR count). The fourth-order valence-corrected chi connectivity index (χ4v) is 3.45. The van der Waals surface area contributed by atoms with Gasteiger partial charge in [-0.05, 0) is 63.7 Å². The quantitative estimate of drug-likeness (QED) is 0.329. The van der Waals surface area contributed by atoms with E-state index in [0.717, 1.165) is 16.5 Å². The monoisotopic (exact) mass is 429 g/mol. The van der Waals surface area contributed by atoms with Gasteiger partial charge in [0.1, 0.15) is 0 Å². The average molecular weight is 431 g/mol. The number of benzene rings is 1. The normalized spacial score (nSPS) is 22.2. The van der Waals surface area contributed by atoms with Gasteiger partial charge < -0.3 is 5.73 Å². The molecule has 3 unspecified atom stereocenters. The summed E-state index contributed by atoms with van der Waals surface area (Å²) in [6, 6.07) is 3.92. The molecule has 0 aromatic heterocycles. The Labute approximate surface area is 162 Å². The van der Waals surface area contributed by atoms with Crippen LogP contribution < -0.4 is 5.73 Å². The van der Waals surface area contributed by atoms with Crippen LogP contribution >= 0.6 is 39.1 Å². The van der Waals surface area contributed by atoms with Crippen LogP contribution in [-0.2, 0) is 4.79 Å². The van der Waals surface area contributed by atoms with Gasteiger partial charge in [0, 0.05) is 5.57 Å². The molecule has 1 saturated carbocycles. The van der Waals surface area contributed by atoms with Gasteiger partial charge in [0.2, 0.25) is 5.91 Å². The first-order valence-corrected chi connectivity index (χ1v) is 9.59. The minimum atomic E-state index is -0.348. The van der Waals surface area contributed by atoms with E-state index >= 15 is 0 Å². The minimum absolute atomic E-state index is 0.145. The summed E-state index contributed by atoms with van der Waals surface area (Å²) < 4.78 is 0.735. The van der Waals surface area contributed by atoms with Gasteiger partial charge in [0.15, 0.2) is 0 Å². The lowest BCUT2D eigenvalue weighted by molar-refractivity contribution is -0.115. The molecule has 0 spiro atoms. The van der Waals surface area contributed by atoms with Gasteiger partial charge in [-0.2, -0.15) is 0 Å². The number of hydrogen-bond acceptors (Lipinski definition) is 1. The van der Waals surface area contributed by atoms with Crippen LogP contribution in [0.1, 0.15) is 38.7 Å². The van der Waals surface area contributed by atoms with E-state index < -0.39 is 0 Å². The van der Waals surface area contributed by atoms with Crippen molar-refractivity contribution in [2.24, 2.45) is 23.5 Å². The van der Waals surface area contributed by atoms with E-state index in [4.69, 9.17) is 28.9 Å². The molecule has 0 bridgehead atoms. The van der Waals surface area contributed by atoms with Crippen molar-refractivity contribution in [3.8, 4) is 0 Å². The van der Waals surface area contributed by atoms with Crippen molar-refractivity contribution in [2.45, 2.75) is 33.1 Å². The fraction of sp³-hybridized carbons (Fsp3) is 0.421. The highest BCUT2D eigenvalue weighted by Crippen LogP contribution is 2.50. The molecule has 1 aliphatic rings. The first-order chi connectivity index (χ1) is 11.2. The molecule has 1 aromatic rings. The maximum Gasteiger partial charge on any atom is 0.244 e. The molecule has 1 aromatic carbocycles. The molecule has 130 valence electrons. The van der Waals surface area contributed by atoms with Crippen LogP contribution in [0.2, 0.25) is 10.0 Å². The van der Waals surface area contributed by atoms with Gasteiger partial charge in [0.05, 0.1) is 14.5 Å². The summed E-state index contributed by atoms with van der Waals surface area (Å²) in [6.45, 7) is 6.20. The molecule has 2 nitrogen and oxygen atoms in total. The molecule has 0 aliphatic heterocycles. The Morgan fingerprint density at radius 2 is 1.88 bits per heavy atom. The second kappa shape index (κ2) is 8.07. The topological polar surface area (TPSA) is 43.1 Å². The zero-order valence-corrected chi connectivity index (χ0v) is 17.1. The van der Waals surface area contributed by atoms with Crippen molar-refractivity contribution in [1.82, 2.24) is 0 Å². The molecule has 5 heteroatoms. The van der Waals surface area contributed by atoms with Gasteiger partial charge in [-0.25, -0.2) is 0 Å². The van der Waals surface area contributed by atoms with E-state index in [0.29, 0.717) is 33.4 Å². The Morgan fingerprint density at radius 1 is 1.29 bits per heavy atom. The van der Waals surface area contributed by atoms with Crippen molar-refractivity contribution in [3.63, 3.8) is 0 Å². The molecule has 0 radical (unpaired) electrons. The molecule has 2 N–H and O–H groups in total. The lowest BCUT2D eigenvalue weighted by atomic mass is 9.89. The Bertz CT molecular complexity index is 674. The first-order valence-electron chi connectivity index (χ1n) is 8.05. The number of nitrogens with two attached hydrogens (primary N) is 1. The van der Waals surface area contributed by atoms with Gasteiger partial charge in [-0.15, -0.1) is 0 Å². The second-order valence-corrected chi connectivity index (χ2v) is 8.32. The maximum atomic E-state index is 11.6. The van der Waals surface area contributed by atoms with Crippen molar-refractivity contribution >= 4 is 45.0 Å². The van der Waals surface area contributed by atoms with Crippen LogP contribution in [0.4, 0.5) is 0 Å². The number of amides is 1. The van der Waals surface area contributed by atoms with E-state index in [9.17, 15) is 4.79 Å². The highest BCUT2D eigenvalue weighted by molar-refractivity contribution is 9.10. The van der Waals surface area contributed by atoms with Crippen LogP contribution in [0, 0.1) is 17.8 Å². The largest absolute Gasteiger partial charge is 0.366 e. The van der Waals surface area contributed by atoms with E-state index in [1.165, 1.54) is 0 Å². The number of hydrogen-bond donors (Lipinski definition) is 1. The van der Waals surface area contributed by atoms with Crippen LogP contribution in [0.5, 0.6) is 0 Å². The third kappa shape index (κ3) is 4.65. The third-order valence-corrected chi connectivity index (χ3v) is 6.59. The second-order valence-electron chi connectivity index (χ2n) is 6.71. The van der Waals surface area contributed by atoms with Crippen molar-refractivity contribution < 1.29 is 4.79 Å². The number of halogens is 3. The Balaban J connectivity index is 2.07. The number of carbonyl (C=O) groups is 1. The SMILES string of the molecule is CC(C)C(C)/C(=C\C=C\C1CC1c1cc(Cl)c(Br)c(Cl)c1)C(N)=O. The standard InChI is InChI=1S/C19H22BrCl2NO/c1-10(2)11(3)14(19(23)24)6-4-5-12-7-15(12)13-8-16(21)18(20)17(22)9-13/h4-6,8-12,15H,7H2,1-3H3,(H2,23,24)/b5-4+,14-6+. The summed E-state index contributed by atoms with van der Waals surface area (Å²) >= 11 is 15.7. The smallest absolute Gasteiger partial charge is 0.244 e. The van der Waals surface area contributed by atoms with Crippen molar-refractivity contribution in [1.29, 1.82) is 0 Å². The molecule has 0 heterocycles. The predicted molar refractivity (Wildman–Crippen MR) is 105 cm³/mol. The Hall–Kier alpha value is -0.770. The predicted octanol–water partition coefficient (Wildman–Crippen LogP) is 6.12. The zero-order valence-electron chi connectivity index (χ0n) is 14.0. The number of primary amides is 1. The molecule has 1 aliphatic carbocycles. The van der Waals surface area contributed by atoms with Gasteiger partial charge in [-0.1, -0.05) is 62.2 Å². The summed E-state index contributed by atoms with van der Waals surface area (Å²) in [7, 11) is 0. The highest BCUT2D eigenvalue weighted by atomic mass is 79.9. The van der Waals surface area contributed by atoms with Gasteiger partial charge >= 0.3 is 0 Å². The Morgan fingerprint density at radius 3 is 2.38 bits per heavy atom. The van der Waals surface area contributed by atoms with Gasteiger partial charge in [-0.3, -0.25) is 4.79 Å². The number of rotatable bonds is 6. The molecule has 0 saturated heterocycles. The summed E-state index contributed by atoms with van der Waals surface area (Å²) in [4.78, 5) is 11.6. The number of allylic oxidation sites excluding steroid dienone is 3. The van der Waals surface area contributed by atoms with Crippen LogP contribution in [0.3, 0.4) is 0 Å². The van der Waals surface area contributed by atoms with Crippen LogP contribution in [-0.4, -0.2) is 5.91 Å². The summed E-state index contributed by atoms with van der Waals surface area (Å²) in [5, 5.41) is 1.27. The van der Waals surface area contributed by atoms with Crippen molar-refractivity contribution in [2.75, 3.05) is 0 Å². The van der Waals surface area contributed by atoms with E-state index in [2.05, 4.69) is 35.9 Å². The molecule has 1 amide bonds. The van der Waals surface area contributed by atoms with Crippen LogP contribution in [0.25, 0.3) is 0 Å². The molecular weight excluding hydrogens is 409 g/mol. The fourth-order valence-electron chi connectivity index (χ4n) is 2.72. The van der Waals surface area contributed by atoms with E-state index in [1.54, 1.807) is 0 Å². The third-order valence-electron chi connectivity index (χ3n) is 4.68. The summed E-state index contributed by atoms with van der Waals surface area (Å²) in [6.07, 6.45) is 6.99.